The van der Waals surface area contributed by atoms with Gasteiger partial charge in [0.15, 0.2) is 0 Å². The quantitative estimate of drug-likeness (QED) is 0.694. The number of piperazine rings is 1. The van der Waals surface area contributed by atoms with Gasteiger partial charge in [-0.15, -0.1) is 0 Å². The number of amides is 1. The Labute approximate surface area is 195 Å². The normalized spacial score (nSPS) is 22.1. The number of nitriles is 1. The zero-order valence-electron chi connectivity index (χ0n) is 19.4. The molecule has 0 radical (unpaired) electrons. The van der Waals surface area contributed by atoms with E-state index in [4.69, 9.17) is 10.00 Å². The first-order valence-corrected chi connectivity index (χ1v) is 11.7. The average molecular weight is 449 g/mol. The van der Waals surface area contributed by atoms with E-state index in [2.05, 4.69) is 44.0 Å². The summed E-state index contributed by atoms with van der Waals surface area (Å²) in [6.45, 7) is 8.84. The number of likely N-dealkylation sites (tertiary alicyclic amines) is 1. The summed E-state index contributed by atoms with van der Waals surface area (Å²) in [5.74, 6) is 1.00. The largest absolute Gasteiger partial charge is 0.449 e. The molecule has 0 saturated carbocycles. The van der Waals surface area contributed by atoms with Gasteiger partial charge in [-0.25, -0.2) is 14.8 Å². The molecule has 0 unspecified atom stereocenters. The fraction of sp³-hybridized carbons (Fsp3) is 0.520. The summed E-state index contributed by atoms with van der Waals surface area (Å²) in [6, 6.07) is 12.6. The van der Waals surface area contributed by atoms with E-state index in [-0.39, 0.29) is 18.2 Å². The first kappa shape index (κ1) is 23.0. The molecule has 2 atom stereocenters. The van der Waals surface area contributed by atoms with Gasteiger partial charge < -0.3 is 9.64 Å². The van der Waals surface area contributed by atoms with E-state index >= 15 is 0 Å². The van der Waals surface area contributed by atoms with E-state index in [1.165, 1.54) is 18.0 Å². The van der Waals surface area contributed by atoms with Crippen molar-refractivity contribution in [1.29, 1.82) is 5.26 Å². The second-order valence-electron chi connectivity index (χ2n) is 9.18. The van der Waals surface area contributed by atoms with Crippen LogP contribution < -0.4 is 4.90 Å². The smallest absolute Gasteiger partial charge is 0.410 e. The predicted octanol–water partition coefficient (Wildman–Crippen LogP) is 3.30. The molecule has 1 aromatic carbocycles. The molecule has 3 heterocycles. The summed E-state index contributed by atoms with van der Waals surface area (Å²) >= 11 is 0. The molecule has 2 fully saturated rings. The number of ether oxygens (including phenoxy) is 1. The van der Waals surface area contributed by atoms with Gasteiger partial charge in [0.25, 0.3) is 0 Å². The van der Waals surface area contributed by atoms with Gasteiger partial charge in [0.2, 0.25) is 5.95 Å². The predicted molar refractivity (Wildman–Crippen MR) is 126 cm³/mol. The van der Waals surface area contributed by atoms with Crippen molar-refractivity contribution in [2.24, 2.45) is 5.92 Å². The van der Waals surface area contributed by atoms with Gasteiger partial charge in [-0.1, -0.05) is 30.3 Å². The monoisotopic (exact) mass is 448 g/mol. The molecule has 2 saturated heterocycles. The molecule has 1 aromatic heterocycles. The number of carbonyl (C=O) groups excluding carboxylic acids is 1. The van der Waals surface area contributed by atoms with Crippen molar-refractivity contribution in [3.63, 3.8) is 0 Å². The highest BCUT2D eigenvalue weighted by atomic mass is 16.6. The summed E-state index contributed by atoms with van der Waals surface area (Å²) in [7, 11) is 0. The lowest BCUT2D eigenvalue weighted by atomic mass is 9.97. The van der Waals surface area contributed by atoms with Crippen molar-refractivity contribution in [1.82, 2.24) is 19.8 Å². The van der Waals surface area contributed by atoms with Crippen molar-refractivity contribution < 1.29 is 9.53 Å². The lowest BCUT2D eigenvalue weighted by Gasteiger charge is -2.43. The van der Waals surface area contributed by atoms with Crippen molar-refractivity contribution in [2.75, 3.05) is 37.7 Å². The van der Waals surface area contributed by atoms with Crippen LogP contribution in [0.3, 0.4) is 0 Å². The highest BCUT2D eigenvalue weighted by Gasteiger charge is 2.35. The zero-order chi connectivity index (χ0) is 23.2. The highest BCUT2D eigenvalue weighted by molar-refractivity contribution is 5.69. The van der Waals surface area contributed by atoms with Gasteiger partial charge >= 0.3 is 6.09 Å². The van der Waals surface area contributed by atoms with Crippen LogP contribution in [0.2, 0.25) is 0 Å². The van der Waals surface area contributed by atoms with Gasteiger partial charge in [0.05, 0.1) is 36.6 Å². The average Bonchev–Trinajstić information content (AvgIpc) is 2.84. The maximum atomic E-state index is 12.9. The Morgan fingerprint density at radius 1 is 1.09 bits per heavy atom. The van der Waals surface area contributed by atoms with Crippen LogP contribution in [0.1, 0.15) is 37.8 Å². The van der Waals surface area contributed by atoms with Gasteiger partial charge in [0.1, 0.15) is 6.07 Å². The zero-order valence-corrected chi connectivity index (χ0v) is 19.4. The SMILES string of the molecule is C[C@@H]1CN(c2ncc(C#N)cn2)C[C@H](C)N1C(=O)OCC1CCN(Cc2ccccc2)CC1. The van der Waals surface area contributed by atoms with E-state index in [1.807, 2.05) is 30.9 Å². The summed E-state index contributed by atoms with van der Waals surface area (Å²) in [5.41, 5.74) is 1.78. The van der Waals surface area contributed by atoms with E-state index < -0.39 is 0 Å². The molecule has 0 spiro atoms. The van der Waals surface area contributed by atoms with E-state index in [0.29, 0.717) is 37.1 Å². The fourth-order valence-corrected chi connectivity index (χ4v) is 4.80. The van der Waals surface area contributed by atoms with Gasteiger partial charge in [-0.2, -0.15) is 5.26 Å². The number of piperidine rings is 1. The minimum Gasteiger partial charge on any atom is -0.449 e. The summed E-state index contributed by atoms with van der Waals surface area (Å²) in [5, 5.41) is 8.93. The number of hydrogen-bond acceptors (Lipinski definition) is 7. The molecule has 174 valence electrons. The number of rotatable bonds is 5. The Morgan fingerprint density at radius 3 is 2.33 bits per heavy atom. The minimum atomic E-state index is -0.234. The maximum Gasteiger partial charge on any atom is 0.410 e. The van der Waals surface area contributed by atoms with E-state index in [1.54, 1.807) is 0 Å². The first-order valence-electron chi connectivity index (χ1n) is 11.7. The van der Waals surface area contributed by atoms with Crippen molar-refractivity contribution in [3.8, 4) is 6.07 Å². The number of aromatic nitrogens is 2. The van der Waals surface area contributed by atoms with Gasteiger partial charge in [-0.3, -0.25) is 9.80 Å². The number of benzene rings is 1. The Kier molecular flexibility index (Phi) is 7.40. The molecule has 8 heteroatoms. The van der Waals surface area contributed by atoms with E-state index in [0.717, 1.165) is 32.5 Å². The molecule has 0 bridgehead atoms. The molecular formula is C25H32N6O2. The first-order chi connectivity index (χ1) is 16.0. The van der Waals surface area contributed by atoms with Crippen LogP contribution >= 0.6 is 0 Å². The minimum absolute atomic E-state index is 0.0202. The molecule has 2 aromatic rings. The molecule has 4 rings (SSSR count). The summed E-state index contributed by atoms with van der Waals surface area (Å²) in [4.78, 5) is 27.9. The summed E-state index contributed by atoms with van der Waals surface area (Å²) in [6.07, 6.45) is 4.93. The third-order valence-electron chi connectivity index (χ3n) is 6.58. The van der Waals surface area contributed by atoms with Crippen molar-refractivity contribution in [3.05, 3.63) is 53.9 Å². The van der Waals surface area contributed by atoms with Crippen LogP contribution in [-0.2, 0) is 11.3 Å². The Bertz CT molecular complexity index is 941. The van der Waals surface area contributed by atoms with Crippen LogP contribution in [0.4, 0.5) is 10.7 Å². The Morgan fingerprint density at radius 2 is 1.73 bits per heavy atom. The lowest BCUT2D eigenvalue weighted by molar-refractivity contribution is 0.0444. The lowest BCUT2D eigenvalue weighted by Crippen LogP contribution is -2.59. The van der Waals surface area contributed by atoms with Gasteiger partial charge in [0, 0.05) is 19.6 Å². The number of nitrogens with zero attached hydrogens (tertiary/aromatic N) is 6. The molecule has 2 aliphatic heterocycles. The Balaban J connectivity index is 1.23. The van der Waals surface area contributed by atoms with Gasteiger partial charge in [-0.05, 0) is 51.3 Å². The maximum absolute atomic E-state index is 12.9. The number of carbonyl (C=O) groups is 1. The fourth-order valence-electron chi connectivity index (χ4n) is 4.80. The molecule has 2 aliphatic rings. The number of anilines is 1. The standard InChI is InChI=1S/C25H32N6O2/c1-19-15-30(24-27-13-23(12-26)14-28-24)16-20(2)31(19)25(32)33-18-22-8-10-29(11-9-22)17-21-6-4-3-5-7-21/h3-7,13-14,19-20,22H,8-11,15-18H2,1-2H3/t19-,20+. The molecule has 0 aliphatic carbocycles. The molecule has 8 nitrogen and oxygen atoms in total. The molecule has 33 heavy (non-hydrogen) atoms. The highest BCUT2D eigenvalue weighted by Crippen LogP contribution is 2.23. The third kappa shape index (κ3) is 5.79. The van der Waals surface area contributed by atoms with Crippen LogP contribution in [0.25, 0.3) is 0 Å². The topological polar surface area (TPSA) is 85.6 Å². The third-order valence-corrected chi connectivity index (χ3v) is 6.58. The number of hydrogen-bond donors (Lipinski definition) is 0. The second kappa shape index (κ2) is 10.6. The second-order valence-corrected chi connectivity index (χ2v) is 9.18. The molecular weight excluding hydrogens is 416 g/mol. The van der Waals surface area contributed by atoms with E-state index in [9.17, 15) is 4.79 Å². The van der Waals surface area contributed by atoms with Crippen molar-refractivity contribution in [2.45, 2.75) is 45.3 Å². The molecule has 0 N–H and O–H groups in total. The van der Waals surface area contributed by atoms with Crippen LogP contribution in [0.15, 0.2) is 42.7 Å². The van der Waals surface area contributed by atoms with Crippen molar-refractivity contribution >= 4 is 12.0 Å². The summed E-state index contributed by atoms with van der Waals surface area (Å²) < 4.78 is 5.77. The van der Waals surface area contributed by atoms with Crippen LogP contribution in [0, 0.1) is 17.2 Å². The van der Waals surface area contributed by atoms with Crippen LogP contribution in [0.5, 0.6) is 0 Å². The van der Waals surface area contributed by atoms with Crippen LogP contribution in [-0.4, -0.2) is 70.7 Å². The Hall–Kier alpha value is -3.18. The molecule has 1 amide bonds.